The number of halogens is 1. The van der Waals surface area contributed by atoms with E-state index in [0.717, 1.165) is 46.6 Å². The van der Waals surface area contributed by atoms with E-state index >= 15 is 0 Å². The zero-order chi connectivity index (χ0) is 22.8. The lowest BCUT2D eigenvalue weighted by molar-refractivity contribution is 0.299. The second-order valence-corrected chi connectivity index (χ2v) is 8.89. The third kappa shape index (κ3) is 4.44. The second kappa shape index (κ2) is 9.24. The maximum atomic E-state index is 13.5. The highest BCUT2D eigenvalue weighted by Crippen LogP contribution is 2.41. The van der Waals surface area contributed by atoms with Crippen LogP contribution in [-0.4, -0.2) is 21.7 Å². The highest BCUT2D eigenvalue weighted by Gasteiger charge is 2.28. The molecule has 0 amide bonds. The molecular weight excluding hydrogens is 411 g/mol. The van der Waals surface area contributed by atoms with Gasteiger partial charge in [0.2, 0.25) is 0 Å². The minimum Gasteiger partial charge on any atom is -0.396 e. The van der Waals surface area contributed by atoms with Crippen LogP contribution >= 0.6 is 0 Å². The summed E-state index contributed by atoms with van der Waals surface area (Å²) in [6, 6.07) is 23.6. The predicted octanol–water partition coefficient (Wildman–Crippen LogP) is 5.85. The number of fused-ring (bicyclic) bond motifs is 3. The molecule has 3 aromatic carbocycles. The molecule has 1 aromatic heterocycles. The smallest absolute Gasteiger partial charge is 0.132 e. The van der Waals surface area contributed by atoms with E-state index < -0.39 is 0 Å². The molecule has 5 rings (SSSR count). The highest BCUT2D eigenvalue weighted by molar-refractivity contribution is 5.71. The number of hydrogen-bond acceptors (Lipinski definition) is 3. The summed E-state index contributed by atoms with van der Waals surface area (Å²) >= 11 is 0. The van der Waals surface area contributed by atoms with Crippen LogP contribution in [0.1, 0.15) is 52.4 Å². The Kier molecular flexibility index (Phi) is 6.01. The van der Waals surface area contributed by atoms with E-state index in [1.54, 1.807) is 0 Å². The van der Waals surface area contributed by atoms with E-state index in [0.29, 0.717) is 6.42 Å². The van der Waals surface area contributed by atoms with Crippen LogP contribution in [0.5, 0.6) is 0 Å². The van der Waals surface area contributed by atoms with Gasteiger partial charge in [-0.15, -0.1) is 0 Å². The second-order valence-electron chi connectivity index (χ2n) is 8.89. The van der Waals surface area contributed by atoms with Gasteiger partial charge in [-0.3, -0.25) is 0 Å². The fraction of sp³-hybridized carbons (Fsp3) is 0.241. The summed E-state index contributed by atoms with van der Waals surface area (Å²) in [5.74, 6) is 0.982. The van der Waals surface area contributed by atoms with Crippen LogP contribution in [-0.2, 0) is 19.3 Å². The van der Waals surface area contributed by atoms with Gasteiger partial charge in [0.15, 0.2) is 0 Å². The Bertz CT molecular complexity index is 1250. The number of nitrogens with zero attached hydrogens (tertiary/aromatic N) is 2. The van der Waals surface area contributed by atoms with Crippen LogP contribution in [0.15, 0.2) is 79.0 Å². The van der Waals surface area contributed by atoms with Gasteiger partial charge in [0.25, 0.3) is 0 Å². The molecule has 33 heavy (non-hydrogen) atoms. The van der Waals surface area contributed by atoms with Crippen LogP contribution in [0, 0.1) is 5.82 Å². The van der Waals surface area contributed by atoms with Crippen molar-refractivity contribution in [1.29, 1.82) is 0 Å². The molecule has 4 aromatic rings. The van der Waals surface area contributed by atoms with E-state index in [-0.39, 0.29) is 24.3 Å². The topological polar surface area (TPSA) is 46.0 Å². The van der Waals surface area contributed by atoms with Crippen LogP contribution in [0.2, 0.25) is 0 Å². The minimum atomic E-state index is -0.215. The molecule has 0 radical (unpaired) electrons. The van der Waals surface area contributed by atoms with Crippen LogP contribution < -0.4 is 0 Å². The van der Waals surface area contributed by atoms with E-state index in [2.05, 4.69) is 55.5 Å². The van der Waals surface area contributed by atoms with E-state index in [1.807, 2.05) is 18.3 Å². The van der Waals surface area contributed by atoms with Crippen LogP contribution in [0.25, 0.3) is 11.3 Å². The Morgan fingerprint density at radius 3 is 2.45 bits per heavy atom. The molecule has 1 aliphatic carbocycles. The number of aromatic nitrogens is 2. The number of benzene rings is 3. The Balaban J connectivity index is 1.43. The van der Waals surface area contributed by atoms with Crippen molar-refractivity contribution in [1.82, 2.24) is 9.97 Å². The van der Waals surface area contributed by atoms with Crippen molar-refractivity contribution < 1.29 is 9.50 Å². The Morgan fingerprint density at radius 2 is 1.70 bits per heavy atom. The monoisotopic (exact) mass is 438 g/mol. The Hall–Kier alpha value is -3.37. The standard InChI is InChI=1S/C29H27FN2O/c1-19(16-21-8-6-20(7-9-21)14-15-33)29-31-18-23-17-27(22-10-12-24(30)13-11-22)25-4-2-3-5-26(25)28(23)32-29/h2-13,18-19,27,33H,14-17H2,1H3. The lowest BCUT2D eigenvalue weighted by Gasteiger charge is -2.28. The zero-order valence-electron chi connectivity index (χ0n) is 18.7. The number of hydrogen-bond donors (Lipinski definition) is 1. The fourth-order valence-corrected chi connectivity index (χ4v) is 4.80. The van der Waals surface area contributed by atoms with Gasteiger partial charge in [-0.05, 0) is 59.2 Å². The SMILES string of the molecule is CC(Cc1ccc(CCO)cc1)c1ncc2c(n1)-c1ccccc1C(c1ccc(F)cc1)C2. The quantitative estimate of drug-likeness (QED) is 0.411. The molecule has 0 bridgehead atoms. The number of aliphatic hydroxyl groups excluding tert-OH is 1. The summed E-state index contributed by atoms with van der Waals surface area (Å²) in [5.41, 5.74) is 8.00. The molecule has 1 N–H and O–H groups in total. The highest BCUT2D eigenvalue weighted by atomic mass is 19.1. The molecule has 0 saturated heterocycles. The van der Waals surface area contributed by atoms with Crippen molar-refractivity contribution in [3.63, 3.8) is 0 Å². The lowest BCUT2D eigenvalue weighted by atomic mass is 9.78. The fourth-order valence-electron chi connectivity index (χ4n) is 4.80. The number of rotatable bonds is 6. The van der Waals surface area contributed by atoms with Gasteiger partial charge in [-0.2, -0.15) is 0 Å². The summed E-state index contributed by atoms with van der Waals surface area (Å²) in [6.07, 6.45) is 4.32. The first-order valence-corrected chi connectivity index (χ1v) is 11.5. The van der Waals surface area contributed by atoms with E-state index in [4.69, 9.17) is 15.1 Å². The van der Waals surface area contributed by atoms with Crippen molar-refractivity contribution in [3.05, 3.63) is 118 Å². The molecule has 166 valence electrons. The largest absolute Gasteiger partial charge is 0.396 e. The predicted molar refractivity (Wildman–Crippen MR) is 129 cm³/mol. The molecule has 2 unspecified atom stereocenters. The molecule has 0 saturated carbocycles. The molecular formula is C29H27FN2O. The average molecular weight is 439 g/mol. The maximum Gasteiger partial charge on any atom is 0.132 e. The zero-order valence-corrected chi connectivity index (χ0v) is 18.7. The molecule has 1 heterocycles. The van der Waals surface area contributed by atoms with Gasteiger partial charge in [0.05, 0.1) is 5.69 Å². The maximum absolute atomic E-state index is 13.5. The van der Waals surface area contributed by atoms with Gasteiger partial charge < -0.3 is 5.11 Å². The minimum absolute atomic E-state index is 0.165. The average Bonchev–Trinajstić information content (AvgIpc) is 2.85. The first-order chi connectivity index (χ1) is 16.1. The van der Waals surface area contributed by atoms with Gasteiger partial charge in [-0.1, -0.05) is 67.6 Å². The Morgan fingerprint density at radius 1 is 0.970 bits per heavy atom. The summed E-state index contributed by atoms with van der Waals surface area (Å²) in [7, 11) is 0. The summed E-state index contributed by atoms with van der Waals surface area (Å²) in [6.45, 7) is 2.33. The van der Waals surface area contributed by atoms with Crippen LogP contribution in [0.4, 0.5) is 4.39 Å². The van der Waals surface area contributed by atoms with Gasteiger partial charge >= 0.3 is 0 Å². The molecule has 0 aliphatic heterocycles. The normalized spacial score (nSPS) is 15.5. The van der Waals surface area contributed by atoms with Gasteiger partial charge in [0.1, 0.15) is 11.6 Å². The van der Waals surface area contributed by atoms with E-state index in [1.165, 1.54) is 23.3 Å². The first-order valence-electron chi connectivity index (χ1n) is 11.5. The van der Waals surface area contributed by atoms with Crippen molar-refractivity contribution in [2.75, 3.05) is 6.61 Å². The lowest BCUT2D eigenvalue weighted by Crippen LogP contribution is -2.16. The first kappa shape index (κ1) is 21.5. The van der Waals surface area contributed by atoms with Crippen molar-refractivity contribution in [2.24, 2.45) is 0 Å². The third-order valence-corrected chi connectivity index (χ3v) is 6.58. The molecule has 0 spiro atoms. The van der Waals surface area contributed by atoms with Crippen molar-refractivity contribution in [3.8, 4) is 11.3 Å². The Labute approximate surface area is 194 Å². The van der Waals surface area contributed by atoms with Crippen molar-refractivity contribution in [2.45, 2.75) is 38.0 Å². The summed E-state index contributed by atoms with van der Waals surface area (Å²) in [5, 5.41) is 9.11. The molecule has 2 atom stereocenters. The van der Waals surface area contributed by atoms with E-state index in [9.17, 15) is 4.39 Å². The molecule has 1 aliphatic rings. The molecule has 4 heteroatoms. The van der Waals surface area contributed by atoms with Gasteiger partial charge in [0, 0.05) is 30.2 Å². The van der Waals surface area contributed by atoms with Crippen molar-refractivity contribution >= 4 is 0 Å². The third-order valence-electron chi connectivity index (χ3n) is 6.58. The molecule has 0 fully saturated rings. The summed E-state index contributed by atoms with van der Waals surface area (Å²) in [4.78, 5) is 9.78. The number of aliphatic hydroxyl groups is 1. The molecule has 3 nitrogen and oxygen atoms in total. The van der Waals surface area contributed by atoms with Crippen LogP contribution in [0.3, 0.4) is 0 Å². The van der Waals surface area contributed by atoms with Gasteiger partial charge in [-0.25, -0.2) is 14.4 Å². The summed E-state index contributed by atoms with van der Waals surface area (Å²) < 4.78 is 13.5.